The first-order valence-corrected chi connectivity index (χ1v) is 10.9. The Hall–Kier alpha value is -2.50. The number of unbranched alkanes of at least 4 members (excludes halogenated alkanes) is 1. The van der Waals surface area contributed by atoms with Gasteiger partial charge in [0.25, 0.3) is 0 Å². The van der Waals surface area contributed by atoms with Crippen LogP contribution >= 0.6 is 15.9 Å². The number of halogens is 1. The molecule has 1 N–H and O–H groups in total. The van der Waals surface area contributed by atoms with Gasteiger partial charge in [0.1, 0.15) is 0 Å². The number of aromatic nitrogens is 2. The highest BCUT2D eigenvalue weighted by atomic mass is 79.9. The second-order valence-electron chi connectivity index (χ2n) is 6.87. The topological polar surface area (TPSA) is 55.1 Å². The van der Waals surface area contributed by atoms with Crippen LogP contribution in [0.25, 0.3) is 5.69 Å². The molecule has 0 saturated heterocycles. The highest BCUT2D eigenvalue weighted by molar-refractivity contribution is 9.09. The van der Waals surface area contributed by atoms with Crippen LogP contribution in [-0.4, -0.2) is 32.1 Å². The van der Waals surface area contributed by atoms with Crippen molar-refractivity contribution >= 4 is 21.7 Å². The van der Waals surface area contributed by atoms with Crippen LogP contribution in [0, 0.1) is 5.92 Å². The molecule has 3 rings (SSSR count). The Morgan fingerprint density at radius 1 is 1.10 bits per heavy atom. The van der Waals surface area contributed by atoms with Crippen molar-refractivity contribution in [2.45, 2.75) is 25.4 Å². The van der Waals surface area contributed by atoms with Crippen LogP contribution in [0.1, 0.15) is 28.8 Å². The van der Waals surface area contributed by atoms with E-state index in [1.807, 2.05) is 60.8 Å². The minimum atomic E-state index is -0.858. The van der Waals surface area contributed by atoms with E-state index in [-0.39, 0.29) is 5.78 Å². The van der Waals surface area contributed by atoms with E-state index in [0.717, 1.165) is 29.4 Å². The number of hydrogen-bond donors (Lipinski definition) is 1. The molecule has 1 heterocycles. The predicted molar refractivity (Wildman–Crippen MR) is 120 cm³/mol. The summed E-state index contributed by atoms with van der Waals surface area (Å²) in [5.41, 5.74) is 2.50. The van der Waals surface area contributed by atoms with Crippen LogP contribution < -0.4 is 0 Å². The van der Waals surface area contributed by atoms with E-state index in [2.05, 4.69) is 21.0 Å². The molecular weight excluding hydrogens is 428 g/mol. The maximum Gasteiger partial charge on any atom is 0.169 e. The van der Waals surface area contributed by atoms with Gasteiger partial charge < -0.3 is 5.11 Å². The second-order valence-corrected chi connectivity index (χ2v) is 7.66. The summed E-state index contributed by atoms with van der Waals surface area (Å²) >= 11 is 3.41. The van der Waals surface area contributed by atoms with Gasteiger partial charge in [0.15, 0.2) is 5.78 Å². The minimum Gasteiger partial charge on any atom is -0.388 e. The number of allylic oxidation sites excluding steroid dienone is 1. The molecule has 0 aliphatic carbocycles. The summed E-state index contributed by atoms with van der Waals surface area (Å²) in [6.45, 7) is 0. The molecule has 3 aromatic rings. The SMILES string of the molecule is O=C(c1ccccc1)[C@H](Cc1ccccc1-n1cccn1)[C@@H](O)/C=C/CCCBr. The normalized spacial score (nSPS) is 13.4. The van der Waals surface area contributed by atoms with Crippen LogP contribution in [-0.2, 0) is 6.42 Å². The fraction of sp³-hybridized carbons (Fsp3) is 0.250. The van der Waals surface area contributed by atoms with Crippen molar-refractivity contribution in [2.24, 2.45) is 5.92 Å². The third-order valence-corrected chi connectivity index (χ3v) is 5.39. The average Bonchev–Trinajstić information content (AvgIpc) is 3.30. The lowest BCUT2D eigenvalue weighted by atomic mass is 9.86. The van der Waals surface area contributed by atoms with Gasteiger partial charge in [0, 0.05) is 23.3 Å². The monoisotopic (exact) mass is 452 g/mol. The van der Waals surface area contributed by atoms with E-state index in [1.165, 1.54) is 0 Å². The van der Waals surface area contributed by atoms with E-state index in [9.17, 15) is 9.90 Å². The van der Waals surface area contributed by atoms with Gasteiger partial charge in [-0.3, -0.25) is 4.79 Å². The second kappa shape index (κ2) is 10.9. The van der Waals surface area contributed by atoms with Gasteiger partial charge in [0.05, 0.1) is 17.7 Å². The molecule has 0 bridgehead atoms. The molecule has 0 fully saturated rings. The third kappa shape index (κ3) is 5.75. The quantitative estimate of drug-likeness (QED) is 0.203. The summed E-state index contributed by atoms with van der Waals surface area (Å²) in [5, 5.41) is 16.1. The molecule has 150 valence electrons. The molecule has 0 amide bonds. The molecule has 0 aliphatic rings. The summed E-state index contributed by atoms with van der Waals surface area (Å²) in [4.78, 5) is 13.3. The van der Waals surface area contributed by atoms with Gasteiger partial charge in [0.2, 0.25) is 0 Å². The van der Waals surface area contributed by atoms with Crippen LogP contribution in [0.4, 0.5) is 0 Å². The molecule has 29 heavy (non-hydrogen) atoms. The van der Waals surface area contributed by atoms with E-state index >= 15 is 0 Å². The molecule has 0 aliphatic heterocycles. The number of nitrogens with zero attached hydrogens (tertiary/aromatic N) is 2. The van der Waals surface area contributed by atoms with E-state index in [0.29, 0.717) is 12.0 Å². The van der Waals surface area contributed by atoms with E-state index in [4.69, 9.17) is 0 Å². The van der Waals surface area contributed by atoms with Gasteiger partial charge in [-0.2, -0.15) is 5.10 Å². The molecule has 2 atom stereocenters. The van der Waals surface area contributed by atoms with Crippen molar-refractivity contribution in [1.82, 2.24) is 9.78 Å². The summed E-state index contributed by atoms with van der Waals surface area (Å²) < 4.78 is 1.79. The first kappa shape index (κ1) is 21.2. The molecule has 5 heteroatoms. The Balaban J connectivity index is 1.90. The average molecular weight is 453 g/mol. The zero-order valence-electron chi connectivity index (χ0n) is 16.2. The lowest BCUT2D eigenvalue weighted by Crippen LogP contribution is -2.29. The van der Waals surface area contributed by atoms with Crippen molar-refractivity contribution in [2.75, 3.05) is 5.33 Å². The molecule has 0 unspecified atom stereocenters. The largest absolute Gasteiger partial charge is 0.388 e. The zero-order chi connectivity index (χ0) is 20.5. The van der Waals surface area contributed by atoms with Gasteiger partial charge in [-0.1, -0.05) is 76.6 Å². The number of para-hydroxylation sites is 1. The molecule has 1 aromatic heterocycles. The van der Waals surface area contributed by atoms with E-state index < -0.39 is 12.0 Å². The molecule has 0 radical (unpaired) electrons. The van der Waals surface area contributed by atoms with Crippen molar-refractivity contribution in [3.05, 3.63) is 96.3 Å². The maximum atomic E-state index is 13.3. The Bertz CT molecular complexity index is 923. The van der Waals surface area contributed by atoms with Gasteiger partial charge in [-0.25, -0.2) is 4.68 Å². The molecule has 0 saturated carbocycles. The summed E-state index contributed by atoms with van der Waals surface area (Å²) in [6, 6.07) is 18.9. The standard InChI is InChI=1S/C24H25BrN2O2/c25-15-8-2-5-14-23(28)21(24(29)19-10-3-1-4-11-19)18-20-12-6-7-13-22(20)27-17-9-16-26-27/h1,3-7,9-14,16-17,21,23,28H,2,8,15,18H2/b14-5+/t21-,23+/m1/s1. The van der Waals surface area contributed by atoms with Crippen LogP contribution in [0.5, 0.6) is 0 Å². The number of hydrogen-bond acceptors (Lipinski definition) is 3. The summed E-state index contributed by atoms with van der Waals surface area (Å²) in [6.07, 6.45) is 8.73. The highest BCUT2D eigenvalue weighted by Gasteiger charge is 2.27. The number of rotatable bonds is 10. The Labute approximate surface area is 180 Å². The number of Topliss-reactive ketones (excluding diaryl/α,β-unsaturated/α-hetero) is 1. The van der Waals surface area contributed by atoms with Crippen molar-refractivity contribution in [3.8, 4) is 5.69 Å². The van der Waals surface area contributed by atoms with Crippen molar-refractivity contribution in [1.29, 1.82) is 0 Å². The van der Waals surface area contributed by atoms with Crippen molar-refractivity contribution < 1.29 is 9.90 Å². The number of carbonyl (C=O) groups is 1. The number of carbonyl (C=O) groups excluding carboxylic acids is 1. The predicted octanol–water partition coefficient (Wildman–Crippen LogP) is 5.01. The van der Waals surface area contributed by atoms with Crippen LogP contribution in [0.3, 0.4) is 0 Å². The molecular formula is C24H25BrN2O2. The molecule has 4 nitrogen and oxygen atoms in total. The van der Waals surface area contributed by atoms with E-state index in [1.54, 1.807) is 29.1 Å². The van der Waals surface area contributed by atoms with Gasteiger partial charge in [-0.15, -0.1) is 0 Å². The third-order valence-electron chi connectivity index (χ3n) is 4.83. The minimum absolute atomic E-state index is 0.0569. The van der Waals surface area contributed by atoms with Gasteiger partial charge >= 0.3 is 0 Å². The first-order valence-electron chi connectivity index (χ1n) is 9.78. The number of aliphatic hydroxyl groups excluding tert-OH is 1. The number of alkyl halides is 1. The fourth-order valence-electron chi connectivity index (χ4n) is 3.30. The Morgan fingerprint density at radius 3 is 2.59 bits per heavy atom. The summed E-state index contributed by atoms with van der Waals surface area (Å²) in [5.74, 6) is -0.632. The highest BCUT2D eigenvalue weighted by Crippen LogP contribution is 2.23. The zero-order valence-corrected chi connectivity index (χ0v) is 17.8. The Kier molecular flexibility index (Phi) is 7.96. The molecule has 2 aromatic carbocycles. The fourth-order valence-corrected chi connectivity index (χ4v) is 3.63. The van der Waals surface area contributed by atoms with Crippen LogP contribution in [0.15, 0.2) is 85.2 Å². The molecule has 0 spiro atoms. The number of aliphatic hydroxyl groups is 1. The smallest absolute Gasteiger partial charge is 0.169 e. The number of benzene rings is 2. The van der Waals surface area contributed by atoms with Crippen molar-refractivity contribution in [3.63, 3.8) is 0 Å². The Morgan fingerprint density at radius 2 is 1.86 bits per heavy atom. The van der Waals surface area contributed by atoms with Crippen LogP contribution in [0.2, 0.25) is 0 Å². The summed E-state index contributed by atoms with van der Waals surface area (Å²) in [7, 11) is 0. The van der Waals surface area contributed by atoms with Gasteiger partial charge in [-0.05, 0) is 37.0 Å². The first-order chi connectivity index (χ1) is 14.2. The lowest BCUT2D eigenvalue weighted by molar-refractivity contribution is 0.0778. The maximum absolute atomic E-state index is 13.3. The lowest BCUT2D eigenvalue weighted by Gasteiger charge is -2.21. The number of ketones is 1.